The van der Waals surface area contributed by atoms with Gasteiger partial charge in [0.05, 0.1) is 26.0 Å². The summed E-state index contributed by atoms with van der Waals surface area (Å²) in [6.45, 7) is 4.38. The van der Waals surface area contributed by atoms with Crippen molar-refractivity contribution in [3.8, 4) is 10.6 Å². The molecule has 2 aromatic heterocycles. The molecule has 0 aliphatic rings. The number of nitrogens with zero attached hydrogens (tertiary/aromatic N) is 1. The van der Waals surface area contributed by atoms with E-state index in [0.717, 1.165) is 33.6 Å². The van der Waals surface area contributed by atoms with E-state index in [4.69, 9.17) is 16.6 Å². The minimum Gasteiger partial charge on any atom is -0.322 e. The van der Waals surface area contributed by atoms with Gasteiger partial charge in [0.2, 0.25) is 0 Å². The van der Waals surface area contributed by atoms with Crippen LogP contribution in [-0.4, -0.2) is 10.9 Å². The van der Waals surface area contributed by atoms with E-state index in [2.05, 4.69) is 31.3 Å². The number of rotatable bonds is 5. The van der Waals surface area contributed by atoms with Gasteiger partial charge in [-0.25, -0.2) is 4.98 Å². The van der Waals surface area contributed by atoms with Gasteiger partial charge in [-0.1, -0.05) is 55.8 Å². The summed E-state index contributed by atoms with van der Waals surface area (Å²) in [5.41, 5.74) is 4.19. The first-order chi connectivity index (χ1) is 14.0. The maximum atomic E-state index is 13.1. The average Bonchev–Trinajstić information content (AvgIpc) is 3.19. The highest BCUT2D eigenvalue weighted by molar-refractivity contribution is 7.19. The van der Waals surface area contributed by atoms with Gasteiger partial charge >= 0.3 is 0 Å². The third kappa shape index (κ3) is 4.19. The van der Waals surface area contributed by atoms with Gasteiger partial charge in [0.15, 0.2) is 0 Å². The Hall–Kier alpha value is -2.69. The highest BCUT2D eigenvalue weighted by Crippen LogP contribution is 2.32. The molecule has 1 N–H and O–H groups in total. The zero-order valence-corrected chi connectivity index (χ0v) is 17.8. The topological polar surface area (TPSA) is 42.0 Å². The van der Waals surface area contributed by atoms with Crippen LogP contribution in [0.1, 0.15) is 42.1 Å². The molecule has 2 heterocycles. The van der Waals surface area contributed by atoms with Crippen LogP contribution >= 0.6 is 22.9 Å². The van der Waals surface area contributed by atoms with Crippen LogP contribution < -0.4 is 5.32 Å². The second-order valence-electron chi connectivity index (χ2n) is 7.06. The predicted octanol–water partition coefficient (Wildman–Crippen LogP) is 7.38. The summed E-state index contributed by atoms with van der Waals surface area (Å²) in [5, 5.41) is 3.86. The van der Waals surface area contributed by atoms with E-state index in [1.54, 1.807) is 0 Å². The van der Waals surface area contributed by atoms with Gasteiger partial charge in [0, 0.05) is 11.1 Å². The van der Waals surface area contributed by atoms with Crippen molar-refractivity contribution in [1.29, 1.82) is 0 Å². The summed E-state index contributed by atoms with van der Waals surface area (Å²) in [7, 11) is 0. The molecule has 1 atom stereocenters. The Balaban J connectivity index is 1.69. The van der Waals surface area contributed by atoms with Crippen LogP contribution in [-0.2, 0) is 0 Å². The fourth-order valence-electron chi connectivity index (χ4n) is 3.27. The van der Waals surface area contributed by atoms with E-state index in [1.807, 2.05) is 54.6 Å². The molecule has 3 nitrogen and oxygen atoms in total. The Morgan fingerprint density at radius 3 is 2.55 bits per heavy atom. The average molecular weight is 421 g/mol. The lowest BCUT2D eigenvalue weighted by molar-refractivity contribution is 0.102. The summed E-state index contributed by atoms with van der Waals surface area (Å²) >= 11 is 7.55. The second-order valence-corrected chi connectivity index (χ2v) is 8.78. The Labute approximate surface area is 179 Å². The number of pyridine rings is 1. The number of carbonyl (C=O) groups is 1. The second kappa shape index (κ2) is 8.36. The van der Waals surface area contributed by atoms with E-state index in [9.17, 15) is 4.79 Å². The molecule has 146 valence electrons. The number of halogens is 1. The third-order valence-electron chi connectivity index (χ3n) is 5.14. The lowest BCUT2D eigenvalue weighted by Crippen LogP contribution is -2.13. The number of para-hydroxylation sites is 1. The van der Waals surface area contributed by atoms with Crippen LogP contribution in [0.2, 0.25) is 4.34 Å². The number of amides is 1. The summed E-state index contributed by atoms with van der Waals surface area (Å²) in [6.07, 6.45) is 1.09. The van der Waals surface area contributed by atoms with Gasteiger partial charge in [0.25, 0.3) is 5.91 Å². The van der Waals surface area contributed by atoms with Crippen LogP contribution in [0, 0.1) is 0 Å². The fourth-order valence-corrected chi connectivity index (χ4v) is 4.27. The fraction of sp³-hybridized carbons (Fsp3) is 0.167. The normalized spacial score (nSPS) is 12.1. The molecule has 29 heavy (non-hydrogen) atoms. The molecular formula is C24H21ClN2OS. The highest BCUT2D eigenvalue weighted by Gasteiger charge is 2.15. The zero-order valence-electron chi connectivity index (χ0n) is 16.3. The number of carbonyl (C=O) groups excluding carboxylic acids is 1. The van der Waals surface area contributed by atoms with Crippen LogP contribution in [0.3, 0.4) is 0 Å². The molecule has 0 fully saturated rings. The Kier molecular flexibility index (Phi) is 5.65. The Morgan fingerprint density at radius 1 is 1.10 bits per heavy atom. The lowest BCUT2D eigenvalue weighted by Gasteiger charge is -2.12. The first kappa shape index (κ1) is 19.6. The van der Waals surface area contributed by atoms with E-state index >= 15 is 0 Å². The molecule has 0 aliphatic carbocycles. The Bertz CT molecular complexity index is 1170. The number of nitrogens with one attached hydrogen (secondary N) is 1. The maximum Gasteiger partial charge on any atom is 0.256 e. The summed E-state index contributed by atoms with van der Waals surface area (Å²) in [5.74, 6) is 0.355. The van der Waals surface area contributed by atoms with E-state index < -0.39 is 0 Å². The number of benzene rings is 2. The monoisotopic (exact) mass is 420 g/mol. The molecular weight excluding hydrogens is 400 g/mol. The van der Waals surface area contributed by atoms with Crippen LogP contribution in [0.4, 0.5) is 5.69 Å². The van der Waals surface area contributed by atoms with Crippen molar-refractivity contribution < 1.29 is 4.79 Å². The van der Waals surface area contributed by atoms with Gasteiger partial charge < -0.3 is 5.32 Å². The number of thiophene rings is 1. The van der Waals surface area contributed by atoms with Gasteiger partial charge in [-0.3, -0.25) is 4.79 Å². The van der Waals surface area contributed by atoms with E-state index in [-0.39, 0.29) is 5.91 Å². The van der Waals surface area contributed by atoms with Gasteiger partial charge in [0.1, 0.15) is 0 Å². The zero-order chi connectivity index (χ0) is 20.4. The largest absolute Gasteiger partial charge is 0.322 e. The summed E-state index contributed by atoms with van der Waals surface area (Å²) in [6, 6.07) is 21.4. The molecule has 0 saturated carbocycles. The van der Waals surface area contributed by atoms with Crippen molar-refractivity contribution in [3.63, 3.8) is 0 Å². The van der Waals surface area contributed by atoms with Crippen LogP contribution in [0.5, 0.6) is 0 Å². The first-order valence-corrected chi connectivity index (χ1v) is 10.8. The van der Waals surface area contributed by atoms with Crippen LogP contribution in [0.15, 0.2) is 66.7 Å². The molecule has 0 aliphatic heterocycles. The standard InChI is InChI=1S/C24H21ClN2OS/c1-3-15(2)16-8-10-17(11-9-16)26-24(28)19-14-21(22-12-13-23(25)29-22)27-20-7-5-4-6-18(19)20/h4-15H,3H2,1-2H3,(H,26,28)/t15-/m0/s1. The van der Waals surface area contributed by atoms with Crippen molar-refractivity contribution in [1.82, 2.24) is 4.98 Å². The molecule has 2 aromatic carbocycles. The molecule has 0 unspecified atom stereocenters. The van der Waals surface area contributed by atoms with Crippen molar-refractivity contribution in [2.24, 2.45) is 0 Å². The molecule has 0 radical (unpaired) electrons. The van der Waals surface area contributed by atoms with Crippen molar-refractivity contribution in [2.75, 3.05) is 5.32 Å². The molecule has 0 spiro atoms. The SMILES string of the molecule is CC[C@H](C)c1ccc(NC(=O)c2cc(-c3ccc(Cl)s3)nc3ccccc23)cc1. The molecule has 4 rings (SSSR count). The van der Waals surface area contributed by atoms with Gasteiger partial charge in [-0.15, -0.1) is 11.3 Å². The van der Waals surface area contributed by atoms with Crippen molar-refractivity contribution >= 4 is 45.4 Å². The number of hydrogen-bond donors (Lipinski definition) is 1. The maximum absolute atomic E-state index is 13.1. The van der Waals surface area contributed by atoms with Crippen LogP contribution in [0.25, 0.3) is 21.5 Å². The highest BCUT2D eigenvalue weighted by atomic mass is 35.5. The minimum absolute atomic E-state index is 0.149. The quantitative estimate of drug-likeness (QED) is 0.366. The number of fused-ring (bicyclic) bond motifs is 1. The molecule has 5 heteroatoms. The Morgan fingerprint density at radius 2 is 1.86 bits per heavy atom. The summed E-state index contributed by atoms with van der Waals surface area (Å²) < 4.78 is 0.697. The van der Waals surface area contributed by atoms with Gasteiger partial charge in [-0.2, -0.15) is 0 Å². The van der Waals surface area contributed by atoms with E-state index in [0.29, 0.717) is 15.8 Å². The number of anilines is 1. The predicted molar refractivity (Wildman–Crippen MR) is 123 cm³/mol. The number of hydrogen-bond acceptors (Lipinski definition) is 3. The first-order valence-electron chi connectivity index (χ1n) is 9.62. The molecule has 1 amide bonds. The number of aromatic nitrogens is 1. The minimum atomic E-state index is -0.149. The third-order valence-corrected chi connectivity index (χ3v) is 6.39. The molecule has 4 aromatic rings. The van der Waals surface area contributed by atoms with Crippen molar-refractivity contribution in [3.05, 3.63) is 82.2 Å². The smallest absolute Gasteiger partial charge is 0.256 e. The van der Waals surface area contributed by atoms with Crippen molar-refractivity contribution in [2.45, 2.75) is 26.2 Å². The lowest BCUT2D eigenvalue weighted by atomic mass is 9.98. The molecule has 0 saturated heterocycles. The molecule has 0 bridgehead atoms. The summed E-state index contributed by atoms with van der Waals surface area (Å²) in [4.78, 5) is 18.8. The van der Waals surface area contributed by atoms with E-state index in [1.165, 1.54) is 16.9 Å². The van der Waals surface area contributed by atoms with Gasteiger partial charge in [-0.05, 0) is 54.3 Å².